The molecule has 3 aromatic rings. The summed E-state index contributed by atoms with van der Waals surface area (Å²) >= 11 is 1.29. The van der Waals surface area contributed by atoms with Gasteiger partial charge in [0.1, 0.15) is 11.6 Å². The number of ether oxygens (including phenoxy) is 2. The van der Waals surface area contributed by atoms with E-state index in [0.29, 0.717) is 40.5 Å². The van der Waals surface area contributed by atoms with Crippen LogP contribution in [0.15, 0.2) is 34.7 Å². The van der Waals surface area contributed by atoms with Crippen LogP contribution in [-0.4, -0.2) is 34.2 Å². The van der Waals surface area contributed by atoms with Crippen molar-refractivity contribution in [3.63, 3.8) is 0 Å². The zero-order valence-corrected chi connectivity index (χ0v) is 18.8. The van der Waals surface area contributed by atoms with Crippen molar-refractivity contribution < 1.29 is 19.1 Å². The first-order valence-corrected chi connectivity index (χ1v) is 11.2. The molecule has 1 atom stereocenters. The number of fused-ring (bicyclic) bond motifs is 2. The lowest BCUT2D eigenvalue weighted by molar-refractivity contribution is -0.118. The molecular formula is C22H24N4O5S. The molecule has 1 aliphatic heterocycles. The number of aromatic nitrogens is 2. The number of amides is 2. The highest BCUT2D eigenvalue weighted by Gasteiger charge is 2.26. The third-order valence-electron chi connectivity index (χ3n) is 5.15. The van der Waals surface area contributed by atoms with Crippen molar-refractivity contribution in [3.8, 4) is 11.5 Å². The number of hydrogen-bond donors (Lipinski definition) is 2. The Morgan fingerprint density at radius 3 is 2.66 bits per heavy atom. The molecule has 2 N–H and O–H groups in total. The molecule has 0 radical (unpaired) electrons. The molecule has 2 amide bonds. The first kappa shape index (κ1) is 21.8. The van der Waals surface area contributed by atoms with E-state index >= 15 is 0 Å². The molecule has 1 aromatic carbocycles. The summed E-state index contributed by atoms with van der Waals surface area (Å²) in [5, 5.41) is 8.02. The molecule has 1 aliphatic rings. The Balaban J connectivity index is 1.66. The lowest BCUT2D eigenvalue weighted by atomic mass is 10.0. The second-order valence-corrected chi connectivity index (χ2v) is 8.76. The molecule has 10 heteroatoms. The van der Waals surface area contributed by atoms with Crippen LogP contribution in [-0.2, 0) is 11.3 Å². The van der Waals surface area contributed by atoms with Gasteiger partial charge in [0, 0.05) is 30.4 Å². The molecule has 168 valence electrons. The quantitative estimate of drug-likeness (QED) is 0.565. The maximum Gasteiger partial charge on any atom is 0.257 e. The zero-order valence-electron chi connectivity index (χ0n) is 18.0. The largest absolute Gasteiger partial charge is 0.454 e. The van der Waals surface area contributed by atoms with Crippen LogP contribution in [0, 0.1) is 5.92 Å². The van der Waals surface area contributed by atoms with Crippen LogP contribution in [0.1, 0.15) is 37.6 Å². The van der Waals surface area contributed by atoms with Crippen molar-refractivity contribution in [1.82, 2.24) is 14.9 Å². The molecule has 2 aromatic heterocycles. The van der Waals surface area contributed by atoms with Crippen LogP contribution < -0.4 is 25.5 Å². The van der Waals surface area contributed by atoms with Crippen molar-refractivity contribution in [3.05, 3.63) is 45.7 Å². The molecule has 3 heterocycles. The Morgan fingerprint density at radius 2 is 2.00 bits per heavy atom. The normalized spacial score (nSPS) is 13.4. The molecule has 0 spiro atoms. The molecule has 0 saturated heterocycles. The molecular weight excluding hydrogens is 432 g/mol. The van der Waals surface area contributed by atoms with Crippen molar-refractivity contribution in [2.45, 2.75) is 39.8 Å². The highest BCUT2D eigenvalue weighted by Crippen LogP contribution is 2.35. The maximum absolute atomic E-state index is 13.2. The number of thiazole rings is 1. The van der Waals surface area contributed by atoms with Crippen molar-refractivity contribution in [2.75, 3.05) is 12.1 Å². The fourth-order valence-electron chi connectivity index (χ4n) is 3.62. The van der Waals surface area contributed by atoms with Gasteiger partial charge in [0.25, 0.3) is 5.91 Å². The summed E-state index contributed by atoms with van der Waals surface area (Å²) in [6.45, 7) is 6.46. The summed E-state index contributed by atoms with van der Waals surface area (Å²) in [7, 11) is 0. The van der Waals surface area contributed by atoms with Crippen LogP contribution >= 0.6 is 11.3 Å². The van der Waals surface area contributed by atoms with Gasteiger partial charge in [-0.05, 0) is 25.3 Å². The van der Waals surface area contributed by atoms with E-state index in [1.165, 1.54) is 17.5 Å². The number of carbonyl (C=O) groups excluding carboxylic acids is 2. The molecule has 0 fully saturated rings. The summed E-state index contributed by atoms with van der Waals surface area (Å²) in [6.07, 6.45) is 3.52. The minimum Gasteiger partial charge on any atom is -0.454 e. The van der Waals surface area contributed by atoms with Gasteiger partial charge >= 0.3 is 0 Å². The van der Waals surface area contributed by atoms with Gasteiger partial charge < -0.3 is 24.7 Å². The number of pyridine rings is 1. The summed E-state index contributed by atoms with van der Waals surface area (Å²) in [6, 6.07) is 2.53. The Labute approximate surface area is 188 Å². The molecule has 9 nitrogen and oxygen atoms in total. The molecule has 4 rings (SSSR count). The average molecular weight is 457 g/mol. The monoisotopic (exact) mass is 456 g/mol. The van der Waals surface area contributed by atoms with Crippen molar-refractivity contribution in [2.24, 2.45) is 5.92 Å². The van der Waals surface area contributed by atoms with E-state index in [4.69, 9.17) is 9.47 Å². The summed E-state index contributed by atoms with van der Waals surface area (Å²) in [5.74, 6) is 0.201. The Bertz CT molecular complexity index is 1220. The van der Waals surface area contributed by atoms with Crippen LogP contribution in [0.5, 0.6) is 11.5 Å². The van der Waals surface area contributed by atoms with Crippen LogP contribution in [0.3, 0.4) is 0 Å². The van der Waals surface area contributed by atoms with Gasteiger partial charge in [-0.2, -0.15) is 0 Å². The third kappa shape index (κ3) is 4.31. The number of rotatable bonds is 7. The predicted molar refractivity (Wildman–Crippen MR) is 121 cm³/mol. The second-order valence-electron chi connectivity index (χ2n) is 7.86. The first-order valence-electron chi connectivity index (χ1n) is 10.3. The summed E-state index contributed by atoms with van der Waals surface area (Å²) < 4.78 is 12.6. The number of carbonyl (C=O) groups is 2. The van der Waals surface area contributed by atoms with E-state index in [2.05, 4.69) is 15.6 Å². The lowest BCUT2D eigenvalue weighted by Crippen LogP contribution is -2.45. The van der Waals surface area contributed by atoms with Gasteiger partial charge in [-0.25, -0.2) is 4.98 Å². The van der Waals surface area contributed by atoms with Gasteiger partial charge in [0.2, 0.25) is 18.1 Å². The smallest absolute Gasteiger partial charge is 0.257 e. The van der Waals surface area contributed by atoms with Crippen molar-refractivity contribution >= 4 is 39.2 Å². The molecule has 0 aliphatic carbocycles. The molecule has 1 unspecified atom stereocenters. The predicted octanol–water partition coefficient (Wildman–Crippen LogP) is 2.99. The lowest BCUT2D eigenvalue weighted by Gasteiger charge is -2.20. The number of nitrogens with zero attached hydrogens (tertiary/aromatic N) is 2. The van der Waals surface area contributed by atoms with Gasteiger partial charge in [-0.1, -0.05) is 13.8 Å². The maximum atomic E-state index is 13.2. The van der Waals surface area contributed by atoms with E-state index in [-0.39, 0.29) is 24.2 Å². The highest BCUT2D eigenvalue weighted by atomic mass is 32.1. The second kappa shape index (κ2) is 8.99. The van der Waals surface area contributed by atoms with E-state index in [1.807, 2.05) is 20.8 Å². The minimum absolute atomic E-state index is 0.0333. The molecule has 0 saturated carbocycles. The number of anilines is 1. The van der Waals surface area contributed by atoms with E-state index in [9.17, 15) is 14.4 Å². The number of hydrogen-bond acceptors (Lipinski definition) is 7. The summed E-state index contributed by atoms with van der Waals surface area (Å²) in [4.78, 5) is 43.2. The SMILES string of the molecule is CCn1cc(C(=O)NC(CC(C)C)C(=O)Nc2nccs2)c(=O)c2cc3c(cc21)OCO3. The van der Waals surface area contributed by atoms with E-state index in [0.717, 1.165) is 0 Å². The van der Waals surface area contributed by atoms with Crippen LogP contribution in [0.25, 0.3) is 10.9 Å². The van der Waals surface area contributed by atoms with Gasteiger partial charge in [0.05, 0.1) is 10.9 Å². The molecule has 0 bridgehead atoms. The fourth-order valence-corrected chi connectivity index (χ4v) is 4.15. The minimum atomic E-state index is -0.812. The fraction of sp³-hybridized carbons (Fsp3) is 0.364. The average Bonchev–Trinajstić information content (AvgIpc) is 3.43. The topological polar surface area (TPSA) is 112 Å². The molecule has 32 heavy (non-hydrogen) atoms. The van der Waals surface area contributed by atoms with Crippen LogP contribution in [0.2, 0.25) is 0 Å². The van der Waals surface area contributed by atoms with E-state index in [1.54, 1.807) is 28.3 Å². The third-order valence-corrected chi connectivity index (χ3v) is 5.84. The summed E-state index contributed by atoms with van der Waals surface area (Å²) in [5.41, 5.74) is 0.191. The Morgan fingerprint density at radius 1 is 1.25 bits per heavy atom. The Kier molecular flexibility index (Phi) is 6.13. The van der Waals surface area contributed by atoms with E-state index < -0.39 is 17.4 Å². The van der Waals surface area contributed by atoms with Gasteiger partial charge in [-0.3, -0.25) is 14.4 Å². The van der Waals surface area contributed by atoms with Crippen molar-refractivity contribution in [1.29, 1.82) is 0 Å². The number of benzene rings is 1. The zero-order chi connectivity index (χ0) is 22.8. The van der Waals surface area contributed by atoms with Crippen LogP contribution in [0.4, 0.5) is 5.13 Å². The first-order chi connectivity index (χ1) is 15.4. The Hall–Kier alpha value is -3.40. The number of aryl methyl sites for hydroxylation is 1. The van der Waals surface area contributed by atoms with Gasteiger partial charge in [0.15, 0.2) is 16.6 Å². The number of nitrogens with one attached hydrogen (secondary N) is 2. The highest BCUT2D eigenvalue weighted by molar-refractivity contribution is 7.13. The van der Waals surface area contributed by atoms with Gasteiger partial charge in [-0.15, -0.1) is 11.3 Å². The standard InChI is InChI=1S/C22H24N4O5S/c1-4-26-10-14(19(27)13-8-17-18(9-16(13)26)31-11-30-17)20(28)24-15(7-12(2)3)21(29)25-22-23-5-6-32-22/h5-6,8-10,12,15H,4,7,11H2,1-3H3,(H,24,28)(H,23,25,29).